The van der Waals surface area contributed by atoms with Crippen molar-refractivity contribution in [2.45, 2.75) is 82.3 Å². The van der Waals surface area contributed by atoms with Crippen molar-refractivity contribution in [1.82, 2.24) is 16.1 Å². The first kappa shape index (κ1) is 15.7. The molecular weight excluding hydrogens is 252 g/mol. The summed E-state index contributed by atoms with van der Waals surface area (Å²) in [4.78, 5) is 11.0. The quantitative estimate of drug-likeness (QED) is 0.335. The molecule has 0 aromatic carbocycles. The molecule has 2 saturated carbocycles. The second-order valence-corrected chi connectivity index (χ2v) is 6.32. The van der Waals surface area contributed by atoms with E-state index in [-0.39, 0.29) is 5.91 Å². The molecule has 5 N–H and O–H groups in total. The van der Waals surface area contributed by atoms with Crippen molar-refractivity contribution in [1.29, 1.82) is 0 Å². The van der Waals surface area contributed by atoms with Gasteiger partial charge < -0.3 is 10.6 Å². The Morgan fingerprint density at radius 3 is 2.15 bits per heavy atom. The van der Waals surface area contributed by atoms with Crippen molar-refractivity contribution in [2.75, 3.05) is 6.54 Å². The Morgan fingerprint density at radius 2 is 1.50 bits per heavy atom. The largest absolute Gasteiger partial charge is 0.313 e. The molecule has 5 heteroatoms. The van der Waals surface area contributed by atoms with Gasteiger partial charge in [-0.2, -0.15) is 0 Å². The number of nitrogens with one attached hydrogen (secondary N) is 3. The summed E-state index contributed by atoms with van der Waals surface area (Å²) in [6, 6.07) is 2.06. The van der Waals surface area contributed by atoms with Gasteiger partial charge in [-0.25, -0.2) is 5.84 Å². The maximum Gasteiger partial charge on any atom is 0.235 e. The van der Waals surface area contributed by atoms with Crippen LogP contribution in [0, 0.1) is 0 Å². The van der Waals surface area contributed by atoms with Crippen molar-refractivity contribution < 1.29 is 4.79 Å². The van der Waals surface area contributed by atoms with E-state index in [9.17, 15) is 4.79 Å². The number of hydrogen-bond donors (Lipinski definition) is 4. The van der Waals surface area contributed by atoms with E-state index in [2.05, 4.69) is 16.1 Å². The molecule has 20 heavy (non-hydrogen) atoms. The minimum absolute atomic E-state index is 0.0925. The maximum absolute atomic E-state index is 11.0. The number of rotatable bonds is 6. The minimum Gasteiger partial charge on any atom is -0.313 e. The van der Waals surface area contributed by atoms with E-state index >= 15 is 0 Å². The van der Waals surface area contributed by atoms with Gasteiger partial charge in [-0.05, 0) is 38.5 Å². The molecule has 0 aromatic rings. The Bertz CT molecular complexity index is 284. The molecule has 0 spiro atoms. The molecule has 0 bridgehead atoms. The molecular formula is C15H30N4O. The number of carbonyl (C=O) groups is 1. The van der Waals surface area contributed by atoms with Crippen molar-refractivity contribution in [3.8, 4) is 0 Å². The second kappa shape index (κ2) is 8.60. The lowest BCUT2D eigenvalue weighted by molar-refractivity contribution is -0.121. The average molecular weight is 282 g/mol. The molecule has 0 unspecified atom stereocenters. The summed E-state index contributed by atoms with van der Waals surface area (Å²) >= 11 is 0. The topological polar surface area (TPSA) is 79.2 Å². The van der Waals surface area contributed by atoms with E-state index in [1.165, 1.54) is 57.8 Å². The Morgan fingerprint density at radius 1 is 0.900 bits per heavy atom. The van der Waals surface area contributed by atoms with E-state index < -0.39 is 0 Å². The van der Waals surface area contributed by atoms with Gasteiger partial charge in [0, 0.05) is 31.1 Å². The van der Waals surface area contributed by atoms with Gasteiger partial charge in [0.05, 0.1) is 0 Å². The third-order valence-electron chi connectivity index (χ3n) is 4.75. The summed E-state index contributed by atoms with van der Waals surface area (Å²) in [5, 5.41) is 7.32. The highest BCUT2D eigenvalue weighted by atomic mass is 16.2. The first-order chi connectivity index (χ1) is 9.78. The summed E-state index contributed by atoms with van der Waals surface area (Å²) in [6.45, 7) is 0.731. The van der Waals surface area contributed by atoms with E-state index in [0.29, 0.717) is 18.5 Å². The minimum atomic E-state index is -0.0925. The highest BCUT2D eigenvalue weighted by molar-refractivity contribution is 5.75. The molecule has 0 aliphatic heterocycles. The van der Waals surface area contributed by atoms with Crippen molar-refractivity contribution >= 4 is 5.91 Å². The van der Waals surface area contributed by atoms with Crippen LogP contribution in [0.2, 0.25) is 0 Å². The number of amides is 1. The van der Waals surface area contributed by atoms with Crippen LogP contribution in [-0.2, 0) is 4.79 Å². The molecule has 1 amide bonds. The number of carbonyl (C=O) groups excluding carboxylic acids is 1. The van der Waals surface area contributed by atoms with Crippen LogP contribution in [0.4, 0.5) is 0 Å². The zero-order valence-corrected chi connectivity index (χ0v) is 12.5. The fourth-order valence-electron chi connectivity index (χ4n) is 3.53. The molecule has 0 aromatic heterocycles. The van der Waals surface area contributed by atoms with Crippen LogP contribution in [0.3, 0.4) is 0 Å². The lowest BCUT2D eigenvalue weighted by Crippen LogP contribution is -2.45. The van der Waals surface area contributed by atoms with E-state index in [4.69, 9.17) is 5.84 Å². The smallest absolute Gasteiger partial charge is 0.235 e. The molecule has 116 valence electrons. The Balaban J connectivity index is 1.56. The van der Waals surface area contributed by atoms with E-state index in [0.717, 1.165) is 12.6 Å². The number of nitrogens with two attached hydrogens (primary N) is 1. The Kier molecular flexibility index (Phi) is 6.76. The van der Waals surface area contributed by atoms with Gasteiger partial charge in [0.2, 0.25) is 5.91 Å². The predicted octanol–water partition coefficient (Wildman–Crippen LogP) is 1.19. The van der Waals surface area contributed by atoms with Gasteiger partial charge in [-0.15, -0.1) is 0 Å². The molecule has 0 atom stereocenters. The van der Waals surface area contributed by atoms with E-state index in [1.54, 1.807) is 0 Å². The Hall–Kier alpha value is -0.650. The fourth-order valence-corrected chi connectivity index (χ4v) is 3.53. The molecule has 5 nitrogen and oxygen atoms in total. The summed E-state index contributed by atoms with van der Waals surface area (Å²) in [6.07, 6.45) is 12.4. The van der Waals surface area contributed by atoms with E-state index in [1.807, 2.05) is 0 Å². The van der Waals surface area contributed by atoms with Gasteiger partial charge >= 0.3 is 0 Å². The third kappa shape index (κ3) is 5.38. The lowest BCUT2D eigenvalue weighted by Gasteiger charge is -2.34. The zero-order valence-electron chi connectivity index (χ0n) is 12.5. The van der Waals surface area contributed by atoms with Crippen LogP contribution >= 0.6 is 0 Å². The molecule has 2 aliphatic rings. The average Bonchev–Trinajstić information content (AvgIpc) is 2.50. The zero-order chi connectivity index (χ0) is 14.2. The molecule has 0 heterocycles. The van der Waals surface area contributed by atoms with Crippen LogP contribution in [0.15, 0.2) is 0 Å². The van der Waals surface area contributed by atoms with Crippen LogP contribution in [0.1, 0.15) is 64.2 Å². The standard InChI is InChI=1S/C15H30N4O/c16-19-15(20)10-11-17-12-6-8-14(9-7-12)18-13-4-2-1-3-5-13/h12-14,17-18H,1-11,16H2,(H,19,20). The Labute approximate surface area is 122 Å². The highest BCUT2D eigenvalue weighted by Gasteiger charge is 2.23. The normalized spacial score (nSPS) is 28.2. The molecule has 0 radical (unpaired) electrons. The highest BCUT2D eigenvalue weighted by Crippen LogP contribution is 2.23. The summed E-state index contributed by atoms with van der Waals surface area (Å²) in [7, 11) is 0. The van der Waals surface area contributed by atoms with Gasteiger partial charge in [0.1, 0.15) is 0 Å². The monoisotopic (exact) mass is 282 g/mol. The van der Waals surface area contributed by atoms with Crippen LogP contribution in [-0.4, -0.2) is 30.6 Å². The molecule has 2 fully saturated rings. The fraction of sp³-hybridized carbons (Fsp3) is 0.933. The van der Waals surface area contributed by atoms with Crippen LogP contribution in [0.25, 0.3) is 0 Å². The van der Waals surface area contributed by atoms with Gasteiger partial charge in [-0.1, -0.05) is 19.3 Å². The predicted molar refractivity (Wildman–Crippen MR) is 81.0 cm³/mol. The third-order valence-corrected chi connectivity index (χ3v) is 4.75. The summed E-state index contributed by atoms with van der Waals surface area (Å²) in [5.41, 5.74) is 2.17. The summed E-state index contributed by atoms with van der Waals surface area (Å²) in [5.74, 6) is 4.97. The van der Waals surface area contributed by atoms with Gasteiger partial charge in [-0.3, -0.25) is 10.2 Å². The molecule has 2 aliphatic carbocycles. The first-order valence-corrected chi connectivity index (χ1v) is 8.27. The van der Waals surface area contributed by atoms with Crippen molar-refractivity contribution in [3.63, 3.8) is 0 Å². The van der Waals surface area contributed by atoms with Gasteiger partial charge in [0.25, 0.3) is 0 Å². The van der Waals surface area contributed by atoms with Crippen molar-refractivity contribution in [2.24, 2.45) is 5.84 Å². The van der Waals surface area contributed by atoms with Crippen LogP contribution in [0.5, 0.6) is 0 Å². The second-order valence-electron chi connectivity index (χ2n) is 6.32. The molecule has 2 rings (SSSR count). The SMILES string of the molecule is NNC(=O)CCNC1CCC(NC2CCCCC2)CC1. The van der Waals surface area contributed by atoms with Gasteiger partial charge in [0.15, 0.2) is 0 Å². The van der Waals surface area contributed by atoms with Crippen LogP contribution < -0.4 is 21.9 Å². The number of hydrogen-bond acceptors (Lipinski definition) is 4. The lowest BCUT2D eigenvalue weighted by atomic mass is 9.88. The first-order valence-electron chi connectivity index (χ1n) is 8.27. The number of hydrazine groups is 1. The maximum atomic E-state index is 11.0. The summed E-state index contributed by atoms with van der Waals surface area (Å²) < 4.78 is 0. The van der Waals surface area contributed by atoms with Crippen molar-refractivity contribution in [3.05, 3.63) is 0 Å². The molecule has 0 saturated heterocycles.